The summed E-state index contributed by atoms with van der Waals surface area (Å²) < 4.78 is 15.5. The van der Waals surface area contributed by atoms with Crippen molar-refractivity contribution in [1.82, 2.24) is 5.32 Å². The van der Waals surface area contributed by atoms with E-state index in [1.165, 1.54) is 22.3 Å². The predicted octanol–water partition coefficient (Wildman–Crippen LogP) is 3.27. The SMILES string of the molecule is C=CC(=O)OCCOCCNC(=O)OCC1c2ccccc2-c2ccccc21. The van der Waals surface area contributed by atoms with E-state index in [1.807, 2.05) is 24.3 Å². The molecule has 1 N–H and O–H groups in total. The summed E-state index contributed by atoms with van der Waals surface area (Å²) in [6.07, 6.45) is 0.613. The number of amides is 1. The first-order valence-electron chi connectivity index (χ1n) is 9.16. The van der Waals surface area contributed by atoms with Gasteiger partial charge >= 0.3 is 12.1 Å². The number of ether oxygens (including phenoxy) is 3. The lowest BCUT2D eigenvalue weighted by atomic mass is 9.98. The summed E-state index contributed by atoms with van der Waals surface area (Å²) in [5.41, 5.74) is 4.73. The monoisotopic (exact) mass is 381 g/mol. The average molecular weight is 381 g/mol. The van der Waals surface area contributed by atoms with Crippen LogP contribution in [0.2, 0.25) is 0 Å². The maximum Gasteiger partial charge on any atom is 0.407 e. The highest BCUT2D eigenvalue weighted by Crippen LogP contribution is 2.44. The summed E-state index contributed by atoms with van der Waals surface area (Å²) in [4.78, 5) is 22.8. The topological polar surface area (TPSA) is 73.9 Å². The molecule has 2 aromatic rings. The molecule has 0 bridgehead atoms. The lowest BCUT2D eigenvalue weighted by Crippen LogP contribution is -2.29. The van der Waals surface area contributed by atoms with E-state index >= 15 is 0 Å². The maximum absolute atomic E-state index is 12.0. The Balaban J connectivity index is 1.41. The van der Waals surface area contributed by atoms with E-state index in [1.54, 1.807) is 0 Å². The number of fused-ring (bicyclic) bond motifs is 3. The summed E-state index contributed by atoms with van der Waals surface area (Å²) in [5.74, 6) is -0.450. The first kappa shape index (κ1) is 19.6. The molecule has 0 atom stereocenters. The smallest absolute Gasteiger partial charge is 0.407 e. The number of rotatable bonds is 9. The van der Waals surface area contributed by atoms with Gasteiger partial charge in [0.2, 0.25) is 0 Å². The van der Waals surface area contributed by atoms with E-state index in [0.29, 0.717) is 13.2 Å². The molecule has 0 saturated heterocycles. The summed E-state index contributed by atoms with van der Waals surface area (Å²) in [7, 11) is 0. The molecule has 0 heterocycles. The Morgan fingerprint density at radius 3 is 2.21 bits per heavy atom. The minimum atomic E-state index is -0.486. The number of hydrogen-bond acceptors (Lipinski definition) is 5. The third-order valence-electron chi connectivity index (χ3n) is 4.50. The van der Waals surface area contributed by atoms with Gasteiger partial charge in [0.25, 0.3) is 0 Å². The zero-order valence-corrected chi connectivity index (χ0v) is 15.6. The standard InChI is InChI=1S/C22H23NO5/c1-2-21(24)27-14-13-26-12-11-23-22(25)28-15-20-18-9-5-3-7-16(18)17-8-4-6-10-19(17)20/h2-10,20H,1,11-15H2,(H,23,25). The molecule has 0 unspecified atom stereocenters. The van der Waals surface area contributed by atoms with Crippen molar-refractivity contribution in [3.63, 3.8) is 0 Å². The van der Waals surface area contributed by atoms with Gasteiger partial charge in [-0.1, -0.05) is 55.1 Å². The van der Waals surface area contributed by atoms with Crippen molar-refractivity contribution in [3.8, 4) is 11.1 Å². The first-order chi connectivity index (χ1) is 13.7. The zero-order valence-electron chi connectivity index (χ0n) is 15.6. The molecule has 0 saturated carbocycles. The van der Waals surface area contributed by atoms with Gasteiger partial charge in [-0.15, -0.1) is 0 Å². The molecular weight excluding hydrogens is 358 g/mol. The molecule has 2 aromatic carbocycles. The zero-order chi connectivity index (χ0) is 19.8. The van der Waals surface area contributed by atoms with E-state index in [-0.39, 0.29) is 25.7 Å². The van der Waals surface area contributed by atoms with Crippen LogP contribution < -0.4 is 5.32 Å². The molecule has 1 aliphatic rings. The van der Waals surface area contributed by atoms with E-state index in [2.05, 4.69) is 36.2 Å². The molecule has 1 amide bonds. The number of esters is 1. The van der Waals surface area contributed by atoms with Crippen molar-refractivity contribution in [1.29, 1.82) is 0 Å². The molecule has 6 heteroatoms. The van der Waals surface area contributed by atoms with E-state index in [0.717, 1.165) is 6.08 Å². The Bertz CT molecular complexity index is 803. The predicted molar refractivity (Wildman–Crippen MR) is 105 cm³/mol. The molecule has 1 aliphatic carbocycles. The van der Waals surface area contributed by atoms with E-state index in [9.17, 15) is 9.59 Å². The van der Waals surface area contributed by atoms with Crippen LogP contribution in [0.3, 0.4) is 0 Å². The van der Waals surface area contributed by atoms with Crippen LogP contribution in [0.1, 0.15) is 17.0 Å². The van der Waals surface area contributed by atoms with Gasteiger partial charge in [0.15, 0.2) is 0 Å². The fourth-order valence-electron chi connectivity index (χ4n) is 3.24. The van der Waals surface area contributed by atoms with Crippen LogP contribution in [0.25, 0.3) is 11.1 Å². The van der Waals surface area contributed by atoms with Gasteiger partial charge in [-0.05, 0) is 22.3 Å². The summed E-state index contributed by atoms with van der Waals surface area (Å²) >= 11 is 0. The number of carbonyl (C=O) groups is 2. The van der Waals surface area contributed by atoms with Crippen molar-refractivity contribution >= 4 is 12.1 Å². The lowest BCUT2D eigenvalue weighted by Gasteiger charge is -2.14. The van der Waals surface area contributed by atoms with Gasteiger partial charge in [-0.2, -0.15) is 0 Å². The number of nitrogens with one attached hydrogen (secondary N) is 1. The van der Waals surface area contributed by atoms with Crippen LogP contribution in [-0.4, -0.2) is 45.0 Å². The maximum atomic E-state index is 12.0. The van der Waals surface area contributed by atoms with Gasteiger partial charge in [0.1, 0.15) is 13.2 Å². The second-order valence-electron chi connectivity index (χ2n) is 6.24. The first-order valence-corrected chi connectivity index (χ1v) is 9.16. The summed E-state index contributed by atoms with van der Waals surface area (Å²) in [6, 6.07) is 16.4. The van der Waals surface area contributed by atoms with Crippen LogP contribution >= 0.6 is 0 Å². The summed E-state index contributed by atoms with van der Waals surface area (Å²) in [5, 5.41) is 2.66. The molecule has 146 valence electrons. The highest BCUT2D eigenvalue weighted by atomic mass is 16.6. The van der Waals surface area contributed by atoms with Crippen LogP contribution in [0.5, 0.6) is 0 Å². The average Bonchev–Trinajstić information content (AvgIpc) is 3.05. The highest BCUT2D eigenvalue weighted by Gasteiger charge is 2.28. The van der Waals surface area contributed by atoms with Crippen molar-refractivity contribution in [2.45, 2.75) is 5.92 Å². The Morgan fingerprint density at radius 2 is 1.57 bits per heavy atom. The Labute approximate surface area is 164 Å². The van der Waals surface area contributed by atoms with Gasteiger partial charge in [0, 0.05) is 18.5 Å². The lowest BCUT2D eigenvalue weighted by molar-refractivity contribution is -0.139. The van der Waals surface area contributed by atoms with E-state index in [4.69, 9.17) is 14.2 Å². The minimum Gasteiger partial charge on any atom is -0.460 e. The fourth-order valence-corrected chi connectivity index (χ4v) is 3.24. The van der Waals surface area contributed by atoms with Gasteiger partial charge < -0.3 is 19.5 Å². The normalized spacial score (nSPS) is 12.0. The molecule has 0 aromatic heterocycles. The third kappa shape index (κ3) is 4.78. The van der Waals surface area contributed by atoms with Gasteiger partial charge in [-0.25, -0.2) is 9.59 Å². The number of carbonyl (C=O) groups excluding carboxylic acids is 2. The molecule has 0 spiro atoms. The molecule has 28 heavy (non-hydrogen) atoms. The fraction of sp³-hybridized carbons (Fsp3) is 0.273. The number of hydrogen-bond donors (Lipinski definition) is 1. The largest absolute Gasteiger partial charge is 0.460 e. The van der Waals surface area contributed by atoms with E-state index < -0.39 is 12.1 Å². The van der Waals surface area contributed by atoms with Crippen molar-refractivity contribution in [2.24, 2.45) is 0 Å². The second-order valence-corrected chi connectivity index (χ2v) is 6.24. The Morgan fingerprint density at radius 1 is 0.929 bits per heavy atom. The van der Waals surface area contributed by atoms with Crippen LogP contribution in [0.4, 0.5) is 4.79 Å². The quantitative estimate of drug-likeness (QED) is 0.410. The highest BCUT2D eigenvalue weighted by molar-refractivity contribution is 5.81. The summed E-state index contributed by atoms with van der Waals surface area (Å²) in [6.45, 7) is 4.60. The molecule has 0 radical (unpaired) electrons. The van der Waals surface area contributed by atoms with Crippen LogP contribution in [-0.2, 0) is 19.0 Å². The third-order valence-corrected chi connectivity index (χ3v) is 4.50. The molecule has 3 rings (SSSR count). The number of benzene rings is 2. The van der Waals surface area contributed by atoms with Crippen molar-refractivity contribution < 1.29 is 23.8 Å². The molecule has 0 aliphatic heterocycles. The van der Waals surface area contributed by atoms with Crippen molar-refractivity contribution in [2.75, 3.05) is 33.0 Å². The van der Waals surface area contributed by atoms with Crippen LogP contribution in [0, 0.1) is 0 Å². The Kier molecular flexibility index (Phi) is 6.81. The second kappa shape index (κ2) is 9.71. The molecule has 6 nitrogen and oxygen atoms in total. The Hall–Kier alpha value is -3.12. The molecule has 0 fully saturated rings. The number of alkyl carbamates (subject to hydrolysis) is 1. The van der Waals surface area contributed by atoms with Gasteiger partial charge in [0.05, 0.1) is 13.2 Å². The molecular formula is C22H23NO5. The van der Waals surface area contributed by atoms with Crippen molar-refractivity contribution in [3.05, 3.63) is 72.3 Å². The van der Waals surface area contributed by atoms with Gasteiger partial charge in [-0.3, -0.25) is 0 Å². The minimum absolute atomic E-state index is 0.0361. The van der Waals surface area contributed by atoms with Crippen LogP contribution in [0.15, 0.2) is 61.2 Å².